The Morgan fingerprint density at radius 3 is 2.89 bits per heavy atom. The predicted octanol–water partition coefficient (Wildman–Crippen LogP) is 2.91. The molecule has 0 N–H and O–H groups in total. The Bertz CT molecular complexity index is 619. The molecular formula is C15H13NO2S. The predicted molar refractivity (Wildman–Crippen MR) is 75.8 cm³/mol. The first-order chi connectivity index (χ1) is 9.25. The van der Waals surface area contributed by atoms with E-state index in [2.05, 4.69) is 0 Å². The van der Waals surface area contributed by atoms with Crippen molar-refractivity contribution in [3.63, 3.8) is 0 Å². The van der Waals surface area contributed by atoms with Crippen LogP contribution in [0.2, 0.25) is 0 Å². The summed E-state index contributed by atoms with van der Waals surface area (Å²) in [6, 6.07) is 9.30. The second kappa shape index (κ2) is 4.97. The number of fused-ring (bicyclic) bond motifs is 1. The third-order valence-corrected chi connectivity index (χ3v) is 4.03. The van der Waals surface area contributed by atoms with E-state index >= 15 is 0 Å². The van der Waals surface area contributed by atoms with Gasteiger partial charge in [0.1, 0.15) is 0 Å². The van der Waals surface area contributed by atoms with E-state index in [1.54, 1.807) is 22.3 Å². The van der Waals surface area contributed by atoms with E-state index in [1.165, 1.54) is 0 Å². The molecule has 4 heteroatoms. The van der Waals surface area contributed by atoms with Crippen LogP contribution >= 0.6 is 11.3 Å². The van der Waals surface area contributed by atoms with Crippen LogP contribution in [0.1, 0.15) is 22.3 Å². The topological polar surface area (TPSA) is 37.4 Å². The van der Waals surface area contributed by atoms with Gasteiger partial charge in [0.15, 0.2) is 5.78 Å². The number of ketones is 1. The molecule has 2 heterocycles. The fourth-order valence-corrected chi connectivity index (χ4v) is 3.00. The van der Waals surface area contributed by atoms with Crippen LogP contribution in [0.15, 0.2) is 41.1 Å². The van der Waals surface area contributed by atoms with E-state index in [0.29, 0.717) is 24.9 Å². The number of amides is 1. The van der Waals surface area contributed by atoms with Crippen LogP contribution in [0.4, 0.5) is 5.69 Å². The minimum absolute atomic E-state index is 0.0540. The molecule has 1 amide bonds. The second-order valence-corrected chi connectivity index (χ2v) is 5.32. The molecule has 0 saturated carbocycles. The molecule has 0 radical (unpaired) electrons. The van der Waals surface area contributed by atoms with Crippen molar-refractivity contribution in [2.75, 3.05) is 11.4 Å². The third kappa shape index (κ3) is 2.31. The lowest BCUT2D eigenvalue weighted by Crippen LogP contribution is -2.38. The summed E-state index contributed by atoms with van der Waals surface area (Å²) in [6.07, 6.45) is 0.804. The van der Waals surface area contributed by atoms with E-state index in [9.17, 15) is 9.59 Å². The maximum Gasteiger partial charge on any atom is 0.231 e. The molecular weight excluding hydrogens is 258 g/mol. The summed E-state index contributed by atoms with van der Waals surface area (Å²) >= 11 is 1.59. The monoisotopic (exact) mass is 271 g/mol. The fraction of sp³-hybridized carbons (Fsp3) is 0.200. The van der Waals surface area contributed by atoms with Gasteiger partial charge in [-0.3, -0.25) is 9.59 Å². The number of nitrogens with zero attached hydrogens (tertiary/aromatic N) is 1. The van der Waals surface area contributed by atoms with E-state index in [-0.39, 0.29) is 11.7 Å². The van der Waals surface area contributed by atoms with Crippen LogP contribution in [0.3, 0.4) is 0 Å². The summed E-state index contributed by atoms with van der Waals surface area (Å²) in [4.78, 5) is 25.9. The first-order valence-electron chi connectivity index (χ1n) is 6.19. The van der Waals surface area contributed by atoms with Gasteiger partial charge < -0.3 is 4.90 Å². The normalized spacial score (nSPS) is 14.3. The molecule has 19 heavy (non-hydrogen) atoms. The average Bonchev–Trinajstić information content (AvgIpc) is 2.92. The maximum atomic E-state index is 12.4. The lowest BCUT2D eigenvalue weighted by atomic mass is 10.00. The Hall–Kier alpha value is -1.94. The van der Waals surface area contributed by atoms with Crippen LogP contribution < -0.4 is 4.90 Å². The van der Waals surface area contributed by atoms with Crippen molar-refractivity contribution in [1.82, 2.24) is 0 Å². The molecule has 0 saturated heterocycles. The van der Waals surface area contributed by atoms with Gasteiger partial charge in [-0.05, 0) is 34.5 Å². The first-order valence-corrected chi connectivity index (χ1v) is 7.13. The van der Waals surface area contributed by atoms with E-state index in [4.69, 9.17) is 0 Å². The number of hydrogen-bond donors (Lipinski definition) is 0. The summed E-state index contributed by atoms with van der Waals surface area (Å²) in [5.41, 5.74) is 2.44. The van der Waals surface area contributed by atoms with Gasteiger partial charge in [0.25, 0.3) is 0 Å². The molecule has 96 valence electrons. The smallest absolute Gasteiger partial charge is 0.231 e. The van der Waals surface area contributed by atoms with Crippen molar-refractivity contribution >= 4 is 28.7 Å². The summed E-state index contributed by atoms with van der Waals surface area (Å²) in [5, 5.41) is 3.95. The van der Waals surface area contributed by atoms with Crippen LogP contribution in [0.25, 0.3) is 0 Å². The molecule has 0 fully saturated rings. The van der Waals surface area contributed by atoms with Gasteiger partial charge in [-0.25, -0.2) is 0 Å². The largest absolute Gasteiger partial charge is 0.311 e. The van der Waals surface area contributed by atoms with Gasteiger partial charge in [-0.1, -0.05) is 12.1 Å². The molecule has 3 nitrogen and oxygen atoms in total. The third-order valence-electron chi connectivity index (χ3n) is 3.29. The summed E-state index contributed by atoms with van der Waals surface area (Å²) in [6.45, 7) is 0.485. The Balaban J connectivity index is 1.88. The van der Waals surface area contributed by atoms with Gasteiger partial charge in [0.05, 0.1) is 12.1 Å². The van der Waals surface area contributed by atoms with Crippen LogP contribution in [0, 0.1) is 0 Å². The standard InChI is InChI=1S/C15H13NO2S/c17-14-5-7-16(13-4-2-1-3-12(13)14)15(18)9-11-6-8-19-10-11/h1-4,6,8,10H,5,7,9H2. The minimum atomic E-state index is 0.0540. The Morgan fingerprint density at radius 2 is 2.11 bits per heavy atom. The molecule has 3 rings (SSSR count). The number of thiophene rings is 1. The van der Waals surface area contributed by atoms with E-state index < -0.39 is 0 Å². The molecule has 1 aliphatic heterocycles. The first kappa shape index (κ1) is 12.1. The van der Waals surface area contributed by atoms with E-state index in [0.717, 1.165) is 11.3 Å². The van der Waals surface area contributed by atoms with Gasteiger partial charge in [0.2, 0.25) is 5.91 Å². The van der Waals surface area contributed by atoms with E-state index in [1.807, 2.05) is 35.0 Å². The lowest BCUT2D eigenvalue weighted by Gasteiger charge is -2.28. The summed E-state index contributed by atoms with van der Waals surface area (Å²) in [7, 11) is 0. The van der Waals surface area contributed by atoms with Crippen LogP contribution in [0.5, 0.6) is 0 Å². The minimum Gasteiger partial charge on any atom is -0.311 e. The van der Waals surface area contributed by atoms with Crippen molar-refractivity contribution in [1.29, 1.82) is 0 Å². The molecule has 0 spiro atoms. The summed E-state index contributed by atoms with van der Waals surface area (Å²) < 4.78 is 0. The zero-order valence-electron chi connectivity index (χ0n) is 10.3. The average molecular weight is 271 g/mol. The number of hydrogen-bond acceptors (Lipinski definition) is 3. The molecule has 0 aliphatic carbocycles. The Labute approximate surface area is 115 Å². The number of carbonyl (C=O) groups is 2. The van der Waals surface area contributed by atoms with Gasteiger partial charge in [-0.2, -0.15) is 11.3 Å². The highest BCUT2D eigenvalue weighted by molar-refractivity contribution is 7.08. The molecule has 1 aliphatic rings. The van der Waals surface area contributed by atoms with Crippen LogP contribution in [-0.2, 0) is 11.2 Å². The van der Waals surface area contributed by atoms with Crippen LogP contribution in [-0.4, -0.2) is 18.2 Å². The fourth-order valence-electron chi connectivity index (χ4n) is 2.34. The molecule has 1 aromatic carbocycles. The molecule has 1 aromatic heterocycles. The maximum absolute atomic E-state index is 12.4. The van der Waals surface area contributed by atoms with Crippen molar-refractivity contribution < 1.29 is 9.59 Å². The van der Waals surface area contributed by atoms with Gasteiger partial charge >= 0.3 is 0 Å². The molecule has 2 aromatic rings. The zero-order valence-corrected chi connectivity index (χ0v) is 11.2. The number of para-hydroxylation sites is 1. The van der Waals surface area contributed by atoms with Crippen molar-refractivity contribution in [3.8, 4) is 0 Å². The quantitative estimate of drug-likeness (QED) is 0.842. The number of carbonyl (C=O) groups excluding carboxylic acids is 2. The second-order valence-electron chi connectivity index (χ2n) is 4.54. The summed E-state index contributed by atoms with van der Waals surface area (Å²) in [5.74, 6) is 0.175. The number of Topliss-reactive ketones (excluding diaryl/α,β-unsaturated/α-hetero) is 1. The lowest BCUT2D eigenvalue weighted by molar-refractivity contribution is -0.118. The number of benzene rings is 1. The zero-order chi connectivity index (χ0) is 13.2. The van der Waals surface area contributed by atoms with Gasteiger partial charge in [0, 0.05) is 18.5 Å². The van der Waals surface area contributed by atoms with Crippen molar-refractivity contribution in [2.24, 2.45) is 0 Å². The highest BCUT2D eigenvalue weighted by Crippen LogP contribution is 2.27. The molecule has 0 atom stereocenters. The molecule has 0 unspecified atom stereocenters. The number of rotatable bonds is 2. The number of anilines is 1. The van der Waals surface area contributed by atoms with Crippen molar-refractivity contribution in [2.45, 2.75) is 12.8 Å². The SMILES string of the molecule is O=C1CCN(C(=O)Cc2ccsc2)c2ccccc21. The highest BCUT2D eigenvalue weighted by Gasteiger charge is 2.26. The Morgan fingerprint density at radius 1 is 1.26 bits per heavy atom. The van der Waals surface area contributed by atoms with Gasteiger partial charge in [-0.15, -0.1) is 0 Å². The molecule has 0 bridgehead atoms. The van der Waals surface area contributed by atoms with Crippen molar-refractivity contribution in [3.05, 3.63) is 52.2 Å². The highest BCUT2D eigenvalue weighted by atomic mass is 32.1. The Kier molecular flexibility index (Phi) is 3.17.